The molecule has 0 amide bonds. The van der Waals surface area contributed by atoms with Crippen molar-refractivity contribution >= 4 is 6.08 Å². The average Bonchev–Trinajstić information content (AvgIpc) is 2.98. The van der Waals surface area contributed by atoms with Crippen LogP contribution in [0.3, 0.4) is 0 Å². The molecule has 0 saturated heterocycles. The molecule has 0 radical (unpaired) electrons. The van der Waals surface area contributed by atoms with Crippen molar-refractivity contribution in [3.8, 4) is 5.75 Å². The van der Waals surface area contributed by atoms with Crippen LogP contribution in [0.5, 0.6) is 5.75 Å². The number of rotatable bonds is 2. The van der Waals surface area contributed by atoms with Gasteiger partial charge in [0.2, 0.25) is 0 Å². The molecule has 1 saturated carbocycles. The number of allylic oxidation sites excluding steroid dienone is 1. The maximum atomic E-state index is 12.4. The molecule has 1 nitrogen and oxygen atoms in total. The molecule has 1 N–H and O–H groups in total. The molecular formula is C12H11F3O. The van der Waals surface area contributed by atoms with E-state index in [9.17, 15) is 18.3 Å². The second-order valence-electron chi connectivity index (χ2n) is 3.97. The number of hydrogen-bond donors (Lipinski definition) is 1. The molecule has 0 atom stereocenters. The van der Waals surface area contributed by atoms with Crippen LogP contribution in [0.4, 0.5) is 13.2 Å². The van der Waals surface area contributed by atoms with Crippen LogP contribution < -0.4 is 0 Å². The molecule has 1 aromatic rings. The van der Waals surface area contributed by atoms with E-state index in [1.807, 2.05) is 6.08 Å². The van der Waals surface area contributed by atoms with E-state index in [2.05, 4.69) is 0 Å². The van der Waals surface area contributed by atoms with Gasteiger partial charge < -0.3 is 5.11 Å². The summed E-state index contributed by atoms with van der Waals surface area (Å²) in [6, 6.07) is 2.92. The molecule has 0 aromatic heterocycles. The number of aromatic hydroxyl groups is 1. The Morgan fingerprint density at radius 2 is 1.94 bits per heavy atom. The van der Waals surface area contributed by atoms with Gasteiger partial charge in [-0.25, -0.2) is 0 Å². The Morgan fingerprint density at radius 3 is 2.50 bits per heavy atom. The number of hydrogen-bond acceptors (Lipinski definition) is 1. The van der Waals surface area contributed by atoms with Crippen LogP contribution in [-0.4, -0.2) is 5.11 Å². The second-order valence-corrected chi connectivity index (χ2v) is 3.97. The summed E-state index contributed by atoms with van der Waals surface area (Å²) in [5, 5.41) is 9.42. The Kier molecular flexibility index (Phi) is 2.66. The normalized spacial score (nSPS) is 16.9. The lowest BCUT2D eigenvalue weighted by Gasteiger charge is -2.08. The maximum absolute atomic E-state index is 12.4. The number of phenolic OH excluding ortho intramolecular Hbond substituents is 1. The first kappa shape index (κ1) is 11.0. The van der Waals surface area contributed by atoms with Crippen molar-refractivity contribution < 1.29 is 18.3 Å². The van der Waals surface area contributed by atoms with E-state index < -0.39 is 11.7 Å². The van der Waals surface area contributed by atoms with Crippen LogP contribution in [0.1, 0.15) is 24.0 Å². The van der Waals surface area contributed by atoms with Crippen molar-refractivity contribution in [1.82, 2.24) is 0 Å². The topological polar surface area (TPSA) is 20.2 Å². The van der Waals surface area contributed by atoms with Crippen LogP contribution in [0, 0.1) is 5.92 Å². The molecule has 1 aliphatic rings. The summed E-state index contributed by atoms with van der Waals surface area (Å²) in [6.45, 7) is 0. The summed E-state index contributed by atoms with van der Waals surface area (Å²) < 4.78 is 37.2. The predicted molar refractivity (Wildman–Crippen MR) is 54.9 cm³/mol. The SMILES string of the molecule is Oc1ccc(C(F)(F)F)cc1/C=C/C1CC1. The molecule has 0 bridgehead atoms. The number of phenols is 1. The first-order valence-corrected chi connectivity index (χ1v) is 5.05. The van der Waals surface area contributed by atoms with E-state index in [0.29, 0.717) is 5.92 Å². The quantitative estimate of drug-likeness (QED) is 0.815. The first-order valence-electron chi connectivity index (χ1n) is 5.05. The molecule has 0 spiro atoms. The molecule has 1 fully saturated rings. The third kappa shape index (κ3) is 2.56. The van der Waals surface area contributed by atoms with Crippen LogP contribution in [0.15, 0.2) is 24.3 Å². The van der Waals surface area contributed by atoms with Crippen molar-refractivity contribution in [1.29, 1.82) is 0 Å². The molecule has 0 aliphatic heterocycles. The van der Waals surface area contributed by atoms with Gasteiger partial charge in [-0.2, -0.15) is 13.2 Å². The van der Waals surface area contributed by atoms with Gasteiger partial charge in [0, 0.05) is 5.56 Å². The Morgan fingerprint density at radius 1 is 1.25 bits per heavy atom. The zero-order valence-corrected chi connectivity index (χ0v) is 8.46. The van der Waals surface area contributed by atoms with Crippen molar-refractivity contribution in [2.75, 3.05) is 0 Å². The van der Waals surface area contributed by atoms with Crippen LogP contribution >= 0.6 is 0 Å². The standard InChI is InChI=1S/C12H11F3O/c13-12(14,15)10-5-6-11(16)9(7-10)4-3-8-1-2-8/h3-8,16H,1-2H2/b4-3+. The van der Waals surface area contributed by atoms with Crippen molar-refractivity contribution in [3.63, 3.8) is 0 Å². The van der Waals surface area contributed by atoms with Gasteiger partial charge in [0.05, 0.1) is 5.56 Å². The third-order valence-corrected chi connectivity index (χ3v) is 2.52. The van der Waals surface area contributed by atoms with Gasteiger partial charge in [-0.05, 0) is 37.0 Å². The van der Waals surface area contributed by atoms with Crippen LogP contribution in [0.25, 0.3) is 6.08 Å². The molecule has 1 aromatic carbocycles. The van der Waals surface area contributed by atoms with Crippen molar-refractivity contribution in [2.24, 2.45) is 5.92 Å². The van der Waals surface area contributed by atoms with Gasteiger partial charge in [-0.15, -0.1) is 0 Å². The summed E-state index contributed by atoms with van der Waals surface area (Å²) in [4.78, 5) is 0. The van der Waals surface area contributed by atoms with E-state index in [0.717, 1.165) is 31.0 Å². The van der Waals surface area contributed by atoms with Gasteiger partial charge in [0.1, 0.15) is 5.75 Å². The lowest BCUT2D eigenvalue weighted by molar-refractivity contribution is -0.137. The first-order chi connectivity index (χ1) is 7.47. The minimum atomic E-state index is -4.37. The Hall–Kier alpha value is -1.45. The highest BCUT2D eigenvalue weighted by molar-refractivity contribution is 5.58. The fourth-order valence-corrected chi connectivity index (χ4v) is 1.39. The molecule has 2 rings (SSSR count). The fraction of sp³-hybridized carbons (Fsp3) is 0.333. The monoisotopic (exact) mass is 228 g/mol. The van der Waals surface area contributed by atoms with E-state index in [4.69, 9.17) is 0 Å². The molecular weight excluding hydrogens is 217 g/mol. The highest BCUT2D eigenvalue weighted by Crippen LogP contribution is 2.34. The second kappa shape index (κ2) is 3.85. The van der Waals surface area contributed by atoms with Crippen molar-refractivity contribution in [2.45, 2.75) is 19.0 Å². The minimum Gasteiger partial charge on any atom is -0.507 e. The summed E-state index contributed by atoms with van der Waals surface area (Å²) >= 11 is 0. The lowest BCUT2D eigenvalue weighted by atomic mass is 10.1. The van der Waals surface area contributed by atoms with Gasteiger partial charge in [-0.1, -0.05) is 12.2 Å². The van der Waals surface area contributed by atoms with E-state index in [1.165, 1.54) is 0 Å². The zero-order valence-electron chi connectivity index (χ0n) is 8.46. The smallest absolute Gasteiger partial charge is 0.416 e. The van der Waals surface area contributed by atoms with Gasteiger partial charge in [0.15, 0.2) is 0 Å². The number of alkyl halides is 3. The molecule has 0 unspecified atom stereocenters. The third-order valence-electron chi connectivity index (χ3n) is 2.52. The molecule has 0 heterocycles. The molecule has 86 valence electrons. The van der Waals surface area contributed by atoms with Gasteiger partial charge in [0.25, 0.3) is 0 Å². The van der Waals surface area contributed by atoms with Gasteiger partial charge in [-0.3, -0.25) is 0 Å². The number of benzene rings is 1. The van der Waals surface area contributed by atoms with Crippen LogP contribution in [0.2, 0.25) is 0 Å². The van der Waals surface area contributed by atoms with Crippen molar-refractivity contribution in [3.05, 3.63) is 35.4 Å². The zero-order chi connectivity index (χ0) is 11.8. The highest BCUT2D eigenvalue weighted by atomic mass is 19.4. The van der Waals surface area contributed by atoms with Gasteiger partial charge >= 0.3 is 6.18 Å². The average molecular weight is 228 g/mol. The van der Waals surface area contributed by atoms with E-state index in [1.54, 1.807) is 6.08 Å². The largest absolute Gasteiger partial charge is 0.507 e. The molecule has 1 aliphatic carbocycles. The Bertz CT molecular complexity index is 417. The summed E-state index contributed by atoms with van der Waals surface area (Å²) in [6.07, 6.45) is 1.19. The molecule has 4 heteroatoms. The predicted octanol–water partition coefficient (Wildman–Crippen LogP) is 3.83. The highest BCUT2D eigenvalue weighted by Gasteiger charge is 2.30. The minimum absolute atomic E-state index is 0.120. The van der Waals surface area contributed by atoms with E-state index >= 15 is 0 Å². The summed E-state index contributed by atoms with van der Waals surface area (Å²) in [7, 11) is 0. The fourth-order valence-electron chi connectivity index (χ4n) is 1.39. The summed E-state index contributed by atoms with van der Waals surface area (Å²) in [5.41, 5.74) is -0.512. The van der Waals surface area contributed by atoms with Crippen LogP contribution in [-0.2, 0) is 6.18 Å². The molecule has 16 heavy (non-hydrogen) atoms. The van der Waals surface area contributed by atoms with E-state index in [-0.39, 0.29) is 11.3 Å². The summed E-state index contributed by atoms with van der Waals surface area (Å²) in [5.74, 6) is 0.346. The number of halogens is 3. The Labute approximate surface area is 91.2 Å². The Balaban J connectivity index is 2.28. The maximum Gasteiger partial charge on any atom is 0.416 e. The lowest BCUT2D eigenvalue weighted by Crippen LogP contribution is -2.04.